The zero-order valence-electron chi connectivity index (χ0n) is 19.9. The van der Waals surface area contributed by atoms with E-state index in [-0.39, 0.29) is 22.8 Å². The number of carbonyl (C=O) groups excluding carboxylic acids is 1. The second-order valence-corrected chi connectivity index (χ2v) is 8.68. The van der Waals surface area contributed by atoms with Crippen LogP contribution >= 0.6 is 0 Å². The van der Waals surface area contributed by atoms with Crippen molar-refractivity contribution in [3.63, 3.8) is 0 Å². The fourth-order valence-corrected chi connectivity index (χ4v) is 4.00. The van der Waals surface area contributed by atoms with Crippen LogP contribution < -0.4 is 15.8 Å². The van der Waals surface area contributed by atoms with Gasteiger partial charge < -0.3 is 14.8 Å². The highest BCUT2D eigenvalue weighted by molar-refractivity contribution is 6.08. The molecule has 0 unspecified atom stereocenters. The molecule has 0 atom stereocenters. The molecule has 8 heteroatoms. The molecule has 0 saturated carbocycles. The fraction of sp³-hybridized carbons (Fsp3) is 0.107. The molecule has 0 aromatic heterocycles. The molecule has 0 bridgehead atoms. The van der Waals surface area contributed by atoms with Crippen LogP contribution in [0.4, 0.5) is 15.8 Å². The van der Waals surface area contributed by atoms with Gasteiger partial charge in [0.1, 0.15) is 11.5 Å². The molecule has 36 heavy (non-hydrogen) atoms. The lowest BCUT2D eigenvalue weighted by Crippen LogP contribution is -2.18. The number of fused-ring (bicyclic) bond motifs is 1. The molecular formula is C28H24FN5O2. The number of benzene rings is 3. The highest BCUT2D eigenvalue weighted by Crippen LogP contribution is 2.25. The maximum atomic E-state index is 13.4. The fourth-order valence-electron chi connectivity index (χ4n) is 4.00. The Morgan fingerprint density at radius 3 is 2.31 bits per heavy atom. The van der Waals surface area contributed by atoms with Crippen molar-refractivity contribution in [2.24, 2.45) is 0 Å². The highest BCUT2D eigenvalue weighted by atomic mass is 19.1. The predicted octanol–water partition coefficient (Wildman–Crippen LogP) is 4.64. The molecule has 0 spiro atoms. The number of nitrogens with zero attached hydrogens (tertiary/aromatic N) is 4. The van der Waals surface area contributed by atoms with Crippen molar-refractivity contribution in [2.75, 3.05) is 24.3 Å². The minimum atomic E-state index is -0.385. The number of halogens is 1. The standard InChI is InChI=1S/C28H24FN5O2/c1-32(2)22-14-12-21(13-15-22)30-27(35)24-17-33(16-19-8-10-20(29)11-9-19)18-25-26(24)31-34(28(25)36)23-6-4-3-5-7-23/h3-15,17-18H,16H2,1-2H3,(H,30,35). The van der Waals surface area contributed by atoms with E-state index in [1.807, 2.05) is 61.5 Å². The van der Waals surface area contributed by atoms with Gasteiger partial charge in [0.15, 0.2) is 0 Å². The van der Waals surface area contributed by atoms with E-state index in [2.05, 4.69) is 10.4 Å². The van der Waals surface area contributed by atoms with Gasteiger partial charge in [-0.15, -0.1) is 0 Å². The van der Waals surface area contributed by atoms with E-state index in [9.17, 15) is 14.0 Å². The molecule has 0 fully saturated rings. The number of pyridine rings is 1. The molecule has 3 aromatic carbocycles. The summed E-state index contributed by atoms with van der Waals surface area (Å²) in [4.78, 5) is 28.7. The van der Waals surface area contributed by atoms with Crippen molar-refractivity contribution in [2.45, 2.75) is 6.54 Å². The Hall–Kier alpha value is -4.72. The number of para-hydroxylation sites is 1. The van der Waals surface area contributed by atoms with Crippen molar-refractivity contribution in [3.05, 3.63) is 119 Å². The quantitative estimate of drug-likeness (QED) is 0.383. The number of aromatic nitrogens is 3. The molecule has 1 N–H and O–H groups in total. The van der Waals surface area contributed by atoms with E-state index in [1.54, 1.807) is 41.2 Å². The summed E-state index contributed by atoms with van der Waals surface area (Å²) in [6.07, 6.45) is 3.34. The first-order chi connectivity index (χ1) is 17.4. The Kier molecular flexibility index (Phi) is 6.08. The normalized spacial score (nSPS) is 11.0. The molecule has 0 saturated heterocycles. The Labute approximate surface area is 207 Å². The first kappa shape index (κ1) is 23.0. The molecule has 2 aliphatic rings. The van der Waals surface area contributed by atoms with Crippen LogP contribution in [0.1, 0.15) is 15.9 Å². The van der Waals surface area contributed by atoms with E-state index in [0.29, 0.717) is 29.2 Å². The molecule has 1 amide bonds. The molecule has 0 aliphatic carbocycles. The van der Waals surface area contributed by atoms with Crippen LogP contribution in [0, 0.1) is 5.82 Å². The van der Waals surface area contributed by atoms with E-state index in [0.717, 1.165) is 11.3 Å². The Bertz CT molecular complexity index is 1540. The summed E-state index contributed by atoms with van der Waals surface area (Å²) in [5, 5.41) is 7.43. The molecule has 5 rings (SSSR count). The number of hydrogen-bond donors (Lipinski definition) is 1. The number of amides is 1. The van der Waals surface area contributed by atoms with Crippen LogP contribution in [0.2, 0.25) is 0 Å². The summed E-state index contributed by atoms with van der Waals surface area (Å²) in [5.74, 6) is -0.714. The second kappa shape index (κ2) is 9.50. The molecule has 2 heterocycles. The van der Waals surface area contributed by atoms with Gasteiger partial charge in [-0.3, -0.25) is 9.59 Å². The lowest BCUT2D eigenvalue weighted by Gasteiger charge is -2.15. The molecular weight excluding hydrogens is 457 g/mol. The van der Waals surface area contributed by atoms with Gasteiger partial charge in [-0.25, -0.2) is 4.39 Å². The van der Waals surface area contributed by atoms with Gasteiger partial charge in [0.2, 0.25) is 0 Å². The van der Waals surface area contributed by atoms with Gasteiger partial charge in [0.05, 0.1) is 16.8 Å². The topological polar surface area (TPSA) is 72.2 Å². The number of carbonyl (C=O) groups is 1. The zero-order chi connectivity index (χ0) is 25.2. The molecule has 3 aromatic rings. The molecule has 180 valence electrons. The summed E-state index contributed by atoms with van der Waals surface area (Å²) >= 11 is 0. The Balaban J connectivity index is 1.58. The Morgan fingerprint density at radius 1 is 0.944 bits per heavy atom. The summed E-state index contributed by atoms with van der Waals surface area (Å²) < 4.78 is 16.4. The van der Waals surface area contributed by atoms with Gasteiger partial charge in [0, 0.05) is 44.4 Å². The summed E-state index contributed by atoms with van der Waals surface area (Å²) in [5.41, 5.74) is 3.62. The van der Waals surface area contributed by atoms with Gasteiger partial charge >= 0.3 is 0 Å². The monoisotopic (exact) mass is 481 g/mol. The summed E-state index contributed by atoms with van der Waals surface area (Å²) in [6.45, 7) is 0.351. The minimum Gasteiger partial charge on any atom is -0.378 e. The van der Waals surface area contributed by atoms with Crippen LogP contribution in [0.25, 0.3) is 16.9 Å². The van der Waals surface area contributed by atoms with Crippen LogP contribution in [-0.4, -0.2) is 34.4 Å². The molecule has 0 radical (unpaired) electrons. The number of hydrogen-bond acceptors (Lipinski definition) is 4. The smallest absolute Gasteiger partial charge is 0.282 e. The average molecular weight is 482 g/mol. The van der Waals surface area contributed by atoms with Crippen molar-refractivity contribution in [1.82, 2.24) is 14.3 Å². The summed E-state index contributed by atoms with van der Waals surface area (Å²) in [6, 6.07) is 22.6. The first-order valence-electron chi connectivity index (χ1n) is 11.4. The molecule has 2 aliphatic heterocycles. The third kappa shape index (κ3) is 4.61. The van der Waals surface area contributed by atoms with Crippen molar-refractivity contribution < 1.29 is 9.18 Å². The third-order valence-corrected chi connectivity index (χ3v) is 5.89. The average Bonchev–Trinajstić information content (AvgIpc) is 3.22. The maximum Gasteiger partial charge on any atom is 0.282 e. The second-order valence-electron chi connectivity index (χ2n) is 8.68. The van der Waals surface area contributed by atoms with Crippen LogP contribution in [0.15, 0.2) is 96.1 Å². The Morgan fingerprint density at radius 2 is 1.64 bits per heavy atom. The lowest BCUT2D eigenvalue weighted by atomic mass is 10.1. The minimum absolute atomic E-state index is 0.262. The SMILES string of the molecule is CN(C)c1ccc(NC(=O)c2cn(Cc3ccc(F)cc3)cc3c(=O)n(-c4ccccc4)nc2-3)cc1. The number of nitrogens with one attached hydrogen (secondary N) is 1. The first-order valence-corrected chi connectivity index (χ1v) is 11.4. The molecule has 7 nitrogen and oxygen atoms in total. The van der Waals surface area contributed by atoms with E-state index < -0.39 is 0 Å². The van der Waals surface area contributed by atoms with E-state index in [4.69, 9.17) is 0 Å². The summed E-state index contributed by atoms with van der Waals surface area (Å²) in [7, 11) is 3.88. The van der Waals surface area contributed by atoms with Gasteiger partial charge in [-0.05, 0) is 54.1 Å². The highest BCUT2D eigenvalue weighted by Gasteiger charge is 2.24. The van der Waals surface area contributed by atoms with E-state index >= 15 is 0 Å². The third-order valence-electron chi connectivity index (χ3n) is 5.89. The zero-order valence-corrected chi connectivity index (χ0v) is 19.9. The van der Waals surface area contributed by atoms with Crippen molar-refractivity contribution in [3.8, 4) is 16.9 Å². The predicted molar refractivity (Wildman–Crippen MR) is 139 cm³/mol. The van der Waals surface area contributed by atoms with Crippen molar-refractivity contribution in [1.29, 1.82) is 0 Å². The van der Waals surface area contributed by atoms with Crippen LogP contribution in [0.3, 0.4) is 0 Å². The van der Waals surface area contributed by atoms with Crippen LogP contribution in [-0.2, 0) is 6.54 Å². The number of rotatable bonds is 6. The van der Waals surface area contributed by atoms with Crippen LogP contribution in [0.5, 0.6) is 0 Å². The van der Waals surface area contributed by atoms with Gasteiger partial charge in [0.25, 0.3) is 11.5 Å². The lowest BCUT2D eigenvalue weighted by molar-refractivity contribution is 0.102. The largest absolute Gasteiger partial charge is 0.378 e. The van der Waals surface area contributed by atoms with Crippen molar-refractivity contribution >= 4 is 17.3 Å². The maximum absolute atomic E-state index is 13.4. The van der Waals surface area contributed by atoms with Gasteiger partial charge in [-0.1, -0.05) is 30.3 Å². The van der Waals surface area contributed by atoms with E-state index in [1.165, 1.54) is 16.8 Å². The van der Waals surface area contributed by atoms with Gasteiger partial charge in [-0.2, -0.15) is 9.78 Å². The number of anilines is 2.